The van der Waals surface area contributed by atoms with Crippen molar-refractivity contribution in [1.29, 1.82) is 0 Å². The molecule has 1 aromatic rings. The second kappa shape index (κ2) is 6.10. The number of nitrogens with one attached hydrogen (secondary N) is 1. The summed E-state index contributed by atoms with van der Waals surface area (Å²) in [4.78, 5) is 11.2. The highest BCUT2D eigenvalue weighted by Gasteiger charge is 2.03. The first-order valence-electron chi connectivity index (χ1n) is 5.04. The smallest absolute Gasteiger partial charge is 0.224 e. The molecule has 1 rings (SSSR count). The van der Waals surface area contributed by atoms with Crippen LogP contribution in [0.4, 0.5) is 0 Å². The van der Waals surface area contributed by atoms with Crippen LogP contribution in [0.5, 0.6) is 0 Å². The van der Waals surface area contributed by atoms with Crippen LogP contribution in [0.25, 0.3) is 0 Å². The molecule has 0 radical (unpaired) electrons. The molecule has 15 heavy (non-hydrogen) atoms. The van der Waals surface area contributed by atoms with Crippen molar-refractivity contribution < 1.29 is 4.79 Å². The van der Waals surface area contributed by atoms with Gasteiger partial charge in [-0.3, -0.25) is 4.79 Å². The summed E-state index contributed by atoms with van der Waals surface area (Å²) in [5.41, 5.74) is 2.39. The number of halogens is 1. The van der Waals surface area contributed by atoms with Crippen LogP contribution in [0, 0.1) is 0 Å². The maximum absolute atomic E-state index is 11.2. The minimum atomic E-state index is 0.0645. The van der Waals surface area contributed by atoms with Gasteiger partial charge in [-0.15, -0.1) is 0 Å². The molecule has 82 valence electrons. The second-order valence-electron chi connectivity index (χ2n) is 3.65. The Bertz CT molecular complexity index is 336. The van der Waals surface area contributed by atoms with Crippen LogP contribution in [0.3, 0.4) is 0 Å². The molecule has 0 saturated carbocycles. The number of likely N-dealkylation sites (N-methyl/N-ethyl adjacent to an activating group) is 1. The zero-order valence-electron chi connectivity index (χ0n) is 9.09. The highest BCUT2D eigenvalue weighted by atomic mass is 127. The van der Waals surface area contributed by atoms with E-state index in [0.29, 0.717) is 10.3 Å². The molecule has 0 bridgehead atoms. The van der Waals surface area contributed by atoms with Crippen LogP contribution in [0.1, 0.15) is 18.1 Å². The van der Waals surface area contributed by atoms with Crippen molar-refractivity contribution in [1.82, 2.24) is 5.32 Å². The van der Waals surface area contributed by atoms with Crippen LogP contribution in [0.15, 0.2) is 24.3 Å². The van der Waals surface area contributed by atoms with Gasteiger partial charge in [0.15, 0.2) is 0 Å². The molecule has 1 atom stereocenters. The number of rotatable bonds is 4. The lowest BCUT2D eigenvalue weighted by molar-refractivity contribution is -0.119. The van der Waals surface area contributed by atoms with Gasteiger partial charge >= 0.3 is 0 Å². The topological polar surface area (TPSA) is 29.1 Å². The van der Waals surface area contributed by atoms with Gasteiger partial charge in [0.05, 0.1) is 6.42 Å². The zero-order chi connectivity index (χ0) is 11.3. The molecule has 1 N–H and O–H groups in total. The summed E-state index contributed by atoms with van der Waals surface area (Å²) in [6, 6.07) is 8.25. The number of carbonyl (C=O) groups is 1. The Morgan fingerprint density at radius 3 is 2.73 bits per heavy atom. The molecule has 3 heteroatoms. The highest BCUT2D eigenvalue weighted by molar-refractivity contribution is 14.1. The third-order valence-electron chi connectivity index (χ3n) is 2.15. The summed E-state index contributed by atoms with van der Waals surface area (Å²) in [7, 11) is 1.67. The lowest BCUT2D eigenvalue weighted by Gasteiger charge is -2.06. The predicted octanol–water partition coefficient (Wildman–Crippen LogP) is 2.34. The van der Waals surface area contributed by atoms with Crippen molar-refractivity contribution in [2.75, 3.05) is 7.05 Å². The molecular formula is C12H16INO. The molecule has 0 aliphatic rings. The van der Waals surface area contributed by atoms with Gasteiger partial charge in [-0.25, -0.2) is 0 Å². The monoisotopic (exact) mass is 317 g/mol. The number of hydrogen-bond donors (Lipinski definition) is 1. The predicted molar refractivity (Wildman–Crippen MR) is 71.4 cm³/mol. The van der Waals surface area contributed by atoms with Crippen LogP contribution in [0.2, 0.25) is 0 Å². The highest BCUT2D eigenvalue weighted by Crippen LogP contribution is 2.12. The first kappa shape index (κ1) is 12.5. The molecule has 0 spiro atoms. The van der Waals surface area contributed by atoms with E-state index in [0.717, 1.165) is 12.0 Å². The Kier molecular flexibility index (Phi) is 5.08. The van der Waals surface area contributed by atoms with Gasteiger partial charge in [-0.2, -0.15) is 0 Å². The molecular weight excluding hydrogens is 301 g/mol. The standard InChI is InChI=1S/C12H16INO/c1-9(13)6-10-4-3-5-11(7-10)8-12(15)14-2/h3-5,7,9H,6,8H2,1-2H3,(H,14,15). The number of amides is 1. The maximum atomic E-state index is 11.2. The van der Waals surface area contributed by atoms with Crippen LogP contribution in [-0.4, -0.2) is 16.9 Å². The van der Waals surface area contributed by atoms with Gasteiger partial charge in [-0.05, 0) is 17.5 Å². The molecule has 0 heterocycles. The van der Waals surface area contributed by atoms with Gasteiger partial charge in [0.2, 0.25) is 5.91 Å². The molecule has 0 saturated heterocycles. The summed E-state index contributed by atoms with van der Waals surface area (Å²) in [6.45, 7) is 2.19. The average molecular weight is 317 g/mol. The Morgan fingerprint density at radius 1 is 1.47 bits per heavy atom. The van der Waals surface area contributed by atoms with E-state index < -0.39 is 0 Å². The number of alkyl halides is 1. The molecule has 1 unspecified atom stereocenters. The van der Waals surface area contributed by atoms with Gasteiger partial charge < -0.3 is 5.32 Å². The van der Waals surface area contributed by atoms with E-state index in [4.69, 9.17) is 0 Å². The van der Waals surface area contributed by atoms with E-state index in [2.05, 4.69) is 47.0 Å². The van der Waals surface area contributed by atoms with E-state index in [9.17, 15) is 4.79 Å². The Morgan fingerprint density at radius 2 is 2.13 bits per heavy atom. The van der Waals surface area contributed by atoms with Gasteiger partial charge in [0.25, 0.3) is 0 Å². The van der Waals surface area contributed by atoms with Crippen molar-refractivity contribution in [2.45, 2.75) is 23.7 Å². The molecule has 1 amide bonds. The molecule has 0 aromatic heterocycles. The van der Waals surface area contributed by atoms with E-state index in [1.165, 1.54) is 5.56 Å². The lowest BCUT2D eigenvalue weighted by atomic mass is 10.0. The van der Waals surface area contributed by atoms with E-state index >= 15 is 0 Å². The third kappa shape index (κ3) is 4.64. The Balaban J connectivity index is 2.69. The number of benzene rings is 1. The fraction of sp³-hybridized carbons (Fsp3) is 0.417. The molecule has 1 aromatic carbocycles. The largest absolute Gasteiger partial charge is 0.359 e. The minimum Gasteiger partial charge on any atom is -0.359 e. The van der Waals surface area contributed by atoms with Gasteiger partial charge in [0.1, 0.15) is 0 Å². The average Bonchev–Trinajstić information content (AvgIpc) is 2.17. The van der Waals surface area contributed by atoms with Crippen LogP contribution >= 0.6 is 22.6 Å². The Hall–Kier alpha value is -0.580. The van der Waals surface area contributed by atoms with Crippen molar-refractivity contribution in [2.24, 2.45) is 0 Å². The van der Waals surface area contributed by atoms with Gasteiger partial charge in [-0.1, -0.05) is 53.8 Å². The first-order chi connectivity index (χ1) is 7.11. The second-order valence-corrected chi connectivity index (χ2v) is 5.78. The number of hydrogen-bond acceptors (Lipinski definition) is 1. The third-order valence-corrected chi connectivity index (χ3v) is 2.59. The van der Waals surface area contributed by atoms with E-state index in [1.807, 2.05) is 12.1 Å². The summed E-state index contributed by atoms with van der Waals surface area (Å²) in [5, 5.41) is 2.63. The zero-order valence-corrected chi connectivity index (χ0v) is 11.2. The minimum absolute atomic E-state index is 0.0645. The quantitative estimate of drug-likeness (QED) is 0.670. The van der Waals surface area contributed by atoms with Crippen LogP contribution in [-0.2, 0) is 17.6 Å². The van der Waals surface area contributed by atoms with E-state index in [1.54, 1.807) is 7.05 Å². The van der Waals surface area contributed by atoms with Crippen LogP contribution < -0.4 is 5.32 Å². The number of carbonyl (C=O) groups excluding carboxylic acids is 1. The molecule has 0 fully saturated rings. The summed E-state index contributed by atoms with van der Waals surface area (Å²) >= 11 is 2.41. The van der Waals surface area contributed by atoms with Crippen molar-refractivity contribution in [3.63, 3.8) is 0 Å². The normalized spacial score (nSPS) is 12.2. The summed E-state index contributed by atoms with van der Waals surface area (Å²) < 4.78 is 0.623. The fourth-order valence-electron chi connectivity index (χ4n) is 1.47. The van der Waals surface area contributed by atoms with E-state index in [-0.39, 0.29) is 5.91 Å². The van der Waals surface area contributed by atoms with Crippen molar-refractivity contribution in [3.05, 3.63) is 35.4 Å². The maximum Gasteiger partial charge on any atom is 0.224 e. The molecule has 0 aliphatic carbocycles. The SMILES string of the molecule is CNC(=O)Cc1cccc(CC(C)I)c1. The molecule has 2 nitrogen and oxygen atoms in total. The van der Waals surface area contributed by atoms with Crippen molar-refractivity contribution >= 4 is 28.5 Å². The summed E-state index contributed by atoms with van der Waals surface area (Å²) in [5.74, 6) is 0.0645. The lowest BCUT2D eigenvalue weighted by Crippen LogP contribution is -2.19. The van der Waals surface area contributed by atoms with Crippen molar-refractivity contribution in [3.8, 4) is 0 Å². The first-order valence-corrected chi connectivity index (χ1v) is 6.29. The summed E-state index contributed by atoms with van der Waals surface area (Å²) in [6.07, 6.45) is 1.53. The fourth-order valence-corrected chi connectivity index (χ4v) is 1.97. The molecule has 0 aliphatic heterocycles. The van der Waals surface area contributed by atoms with Gasteiger partial charge in [0, 0.05) is 11.0 Å². The Labute approximate surface area is 105 Å².